The fourth-order valence-corrected chi connectivity index (χ4v) is 1.98. The smallest absolute Gasteiger partial charge is 0.411 e. The second-order valence-corrected chi connectivity index (χ2v) is 5.51. The van der Waals surface area contributed by atoms with Crippen molar-refractivity contribution in [2.24, 2.45) is 11.7 Å². The normalized spacial score (nSPS) is 23.9. The van der Waals surface area contributed by atoms with Crippen molar-refractivity contribution in [1.29, 1.82) is 0 Å². The first-order valence-electron chi connectivity index (χ1n) is 6.06. The van der Waals surface area contributed by atoms with E-state index in [4.69, 9.17) is 15.2 Å². The van der Waals surface area contributed by atoms with E-state index in [1.54, 1.807) is 20.8 Å². The van der Waals surface area contributed by atoms with Gasteiger partial charge in [0.15, 0.2) is 0 Å². The van der Waals surface area contributed by atoms with E-state index in [0.29, 0.717) is 19.5 Å². The molecule has 104 valence electrons. The second-order valence-electron chi connectivity index (χ2n) is 5.51. The number of rotatable bonds is 2. The van der Waals surface area contributed by atoms with E-state index >= 15 is 0 Å². The van der Waals surface area contributed by atoms with Gasteiger partial charge in [0, 0.05) is 6.54 Å². The Balaban J connectivity index is 2.77. The maximum atomic E-state index is 12.0. The summed E-state index contributed by atoms with van der Waals surface area (Å²) in [5.74, 6) is -0.307. The highest BCUT2D eigenvalue weighted by molar-refractivity contribution is 5.82. The molecule has 1 aliphatic rings. The number of hydrogen-bond donors (Lipinski definition) is 1. The zero-order valence-electron chi connectivity index (χ0n) is 11.4. The maximum Gasteiger partial charge on any atom is 0.411 e. The molecule has 0 aromatic carbocycles. The third-order valence-corrected chi connectivity index (χ3v) is 2.82. The highest BCUT2D eigenvalue weighted by Gasteiger charge is 2.41. The summed E-state index contributed by atoms with van der Waals surface area (Å²) in [5.41, 5.74) is 5.01. The van der Waals surface area contributed by atoms with Gasteiger partial charge in [0.2, 0.25) is 0 Å². The zero-order chi connectivity index (χ0) is 13.9. The lowest BCUT2D eigenvalue weighted by Crippen LogP contribution is -2.43. The lowest BCUT2D eigenvalue weighted by Gasteiger charge is -2.27. The molecule has 0 radical (unpaired) electrons. The molecule has 1 heterocycles. The van der Waals surface area contributed by atoms with Crippen LogP contribution in [0.15, 0.2) is 0 Å². The molecular formula is C12H22N2O4. The van der Waals surface area contributed by atoms with E-state index < -0.39 is 23.7 Å². The molecule has 0 spiro atoms. The van der Waals surface area contributed by atoms with Gasteiger partial charge in [0.05, 0.1) is 7.11 Å². The minimum absolute atomic E-state index is 0.113. The summed E-state index contributed by atoms with van der Waals surface area (Å²) >= 11 is 0. The number of hydrogen-bond acceptors (Lipinski definition) is 5. The van der Waals surface area contributed by atoms with Crippen molar-refractivity contribution in [3.63, 3.8) is 0 Å². The fourth-order valence-electron chi connectivity index (χ4n) is 1.98. The molecule has 2 N–H and O–H groups in total. The van der Waals surface area contributed by atoms with Gasteiger partial charge in [0.1, 0.15) is 11.6 Å². The summed E-state index contributed by atoms with van der Waals surface area (Å²) in [6, 6.07) is -0.585. The predicted octanol–water partition coefficient (Wildman–Crippen LogP) is 0.744. The van der Waals surface area contributed by atoms with Gasteiger partial charge in [-0.2, -0.15) is 0 Å². The van der Waals surface area contributed by atoms with Gasteiger partial charge in [-0.25, -0.2) is 9.59 Å². The molecule has 1 aliphatic heterocycles. The Bertz CT molecular complexity index is 325. The Morgan fingerprint density at radius 1 is 1.39 bits per heavy atom. The van der Waals surface area contributed by atoms with E-state index in [0.717, 1.165) is 0 Å². The molecule has 0 saturated carbocycles. The second kappa shape index (κ2) is 5.56. The van der Waals surface area contributed by atoms with Crippen LogP contribution in [0.4, 0.5) is 4.79 Å². The topological polar surface area (TPSA) is 81.9 Å². The molecule has 1 saturated heterocycles. The Hall–Kier alpha value is -1.30. The van der Waals surface area contributed by atoms with Crippen LogP contribution in [0, 0.1) is 5.92 Å². The van der Waals surface area contributed by atoms with Crippen molar-refractivity contribution < 1.29 is 19.1 Å². The van der Waals surface area contributed by atoms with Gasteiger partial charge in [-0.15, -0.1) is 0 Å². The number of nitrogens with two attached hydrogens (primary N) is 1. The minimum atomic E-state index is -0.585. The van der Waals surface area contributed by atoms with E-state index in [9.17, 15) is 9.59 Å². The molecule has 1 fully saturated rings. The maximum absolute atomic E-state index is 12.0. The van der Waals surface area contributed by atoms with Gasteiger partial charge >= 0.3 is 12.1 Å². The van der Waals surface area contributed by atoms with Crippen LogP contribution in [0.3, 0.4) is 0 Å². The van der Waals surface area contributed by atoms with Gasteiger partial charge in [-0.05, 0) is 39.7 Å². The largest absolute Gasteiger partial charge is 0.467 e. The lowest BCUT2D eigenvalue weighted by atomic mass is 10.1. The van der Waals surface area contributed by atoms with E-state index in [2.05, 4.69) is 0 Å². The van der Waals surface area contributed by atoms with Crippen molar-refractivity contribution in [3.8, 4) is 0 Å². The zero-order valence-corrected chi connectivity index (χ0v) is 11.4. The highest BCUT2D eigenvalue weighted by atomic mass is 16.6. The first-order chi connectivity index (χ1) is 8.28. The number of amides is 1. The third kappa shape index (κ3) is 3.60. The Kier molecular flexibility index (Phi) is 4.56. The van der Waals surface area contributed by atoms with E-state index in [1.807, 2.05) is 0 Å². The van der Waals surface area contributed by atoms with Crippen LogP contribution in [0.5, 0.6) is 0 Å². The molecule has 0 aromatic heterocycles. The molecule has 2 atom stereocenters. The van der Waals surface area contributed by atoms with Crippen molar-refractivity contribution in [3.05, 3.63) is 0 Å². The molecule has 6 nitrogen and oxygen atoms in total. The first kappa shape index (κ1) is 14.8. The van der Waals surface area contributed by atoms with E-state index in [-0.39, 0.29) is 5.92 Å². The van der Waals surface area contributed by atoms with Crippen molar-refractivity contribution >= 4 is 12.1 Å². The molecule has 1 amide bonds. The molecule has 0 bridgehead atoms. The summed E-state index contributed by atoms with van der Waals surface area (Å²) in [7, 11) is 1.31. The van der Waals surface area contributed by atoms with Crippen molar-refractivity contribution in [2.75, 3.05) is 20.2 Å². The summed E-state index contributed by atoms with van der Waals surface area (Å²) in [4.78, 5) is 25.1. The van der Waals surface area contributed by atoms with E-state index in [1.165, 1.54) is 12.0 Å². The quantitative estimate of drug-likeness (QED) is 0.739. The molecular weight excluding hydrogens is 236 g/mol. The number of nitrogens with zero attached hydrogens (tertiary/aromatic N) is 1. The lowest BCUT2D eigenvalue weighted by molar-refractivity contribution is -0.145. The summed E-state index contributed by atoms with van der Waals surface area (Å²) in [5, 5.41) is 0. The fraction of sp³-hybridized carbons (Fsp3) is 0.833. The van der Waals surface area contributed by atoms with Crippen LogP contribution in [-0.2, 0) is 14.3 Å². The van der Waals surface area contributed by atoms with Crippen LogP contribution >= 0.6 is 0 Å². The predicted molar refractivity (Wildman–Crippen MR) is 65.9 cm³/mol. The average molecular weight is 258 g/mol. The van der Waals surface area contributed by atoms with Crippen LogP contribution in [0.2, 0.25) is 0 Å². The number of carbonyl (C=O) groups is 2. The van der Waals surface area contributed by atoms with Gasteiger partial charge < -0.3 is 15.2 Å². The number of carbonyl (C=O) groups excluding carboxylic acids is 2. The molecule has 1 rings (SSSR count). The summed E-state index contributed by atoms with van der Waals surface area (Å²) in [6.45, 7) is 6.23. The van der Waals surface area contributed by atoms with Gasteiger partial charge in [0.25, 0.3) is 0 Å². The monoisotopic (exact) mass is 258 g/mol. The number of esters is 1. The number of likely N-dealkylation sites (tertiary alicyclic amines) is 1. The highest BCUT2D eigenvalue weighted by Crippen LogP contribution is 2.25. The molecule has 0 aliphatic carbocycles. The Labute approximate surface area is 107 Å². The standard InChI is InChI=1S/C12H22N2O4/c1-12(2,3)18-11(16)14-7-8(6-13)5-9(14)10(15)17-4/h8-9H,5-7,13H2,1-4H3/t8-,9+/m1/s1. The number of methoxy groups -OCH3 is 1. The summed E-state index contributed by atoms with van der Waals surface area (Å²) in [6.07, 6.45) is 0.0384. The molecule has 0 aromatic rings. The first-order valence-corrected chi connectivity index (χ1v) is 6.06. The van der Waals surface area contributed by atoms with Gasteiger partial charge in [-0.1, -0.05) is 0 Å². The molecule has 0 unspecified atom stereocenters. The third-order valence-electron chi connectivity index (χ3n) is 2.82. The van der Waals surface area contributed by atoms with Crippen molar-refractivity contribution in [2.45, 2.75) is 38.8 Å². The minimum Gasteiger partial charge on any atom is -0.467 e. The molecule has 18 heavy (non-hydrogen) atoms. The SMILES string of the molecule is COC(=O)[C@@H]1C[C@H](CN)CN1C(=O)OC(C)(C)C. The van der Waals surface area contributed by atoms with Crippen LogP contribution in [-0.4, -0.2) is 48.8 Å². The van der Waals surface area contributed by atoms with Crippen molar-refractivity contribution in [1.82, 2.24) is 4.90 Å². The average Bonchev–Trinajstić information content (AvgIpc) is 2.69. The molecule has 6 heteroatoms. The Morgan fingerprint density at radius 3 is 2.44 bits per heavy atom. The summed E-state index contributed by atoms with van der Waals surface area (Å²) < 4.78 is 9.99. The van der Waals surface area contributed by atoms with Crippen LogP contribution in [0.25, 0.3) is 0 Å². The van der Waals surface area contributed by atoms with Crippen LogP contribution in [0.1, 0.15) is 27.2 Å². The van der Waals surface area contributed by atoms with Crippen LogP contribution < -0.4 is 5.73 Å². The Morgan fingerprint density at radius 2 is 2.00 bits per heavy atom. The van der Waals surface area contributed by atoms with Gasteiger partial charge in [-0.3, -0.25) is 4.90 Å². The number of ether oxygens (including phenoxy) is 2.